The van der Waals surface area contributed by atoms with Crippen molar-refractivity contribution >= 4 is 23.5 Å². The van der Waals surface area contributed by atoms with Gasteiger partial charge < -0.3 is 14.3 Å². The Labute approximate surface area is 163 Å². The van der Waals surface area contributed by atoms with Crippen molar-refractivity contribution in [1.29, 1.82) is 0 Å². The van der Waals surface area contributed by atoms with Crippen LogP contribution in [-0.2, 0) is 19.2 Å². The predicted molar refractivity (Wildman–Crippen MR) is 107 cm³/mol. The van der Waals surface area contributed by atoms with Crippen molar-refractivity contribution in [3.05, 3.63) is 71.0 Å². The monoisotopic (exact) mass is 382 g/mol. The number of nitrogens with one attached hydrogen (secondary N) is 1. The summed E-state index contributed by atoms with van der Waals surface area (Å²) in [6.45, 7) is 0. The highest BCUT2D eigenvalue weighted by Crippen LogP contribution is 2.18. The van der Waals surface area contributed by atoms with Crippen LogP contribution in [0.4, 0.5) is 0 Å². The Morgan fingerprint density at radius 1 is 1.04 bits per heavy atom. The molecular formula is C21H22N2O5. The maximum atomic E-state index is 12.1. The van der Waals surface area contributed by atoms with Crippen molar-refractivity contribution in [1.82, 2.24) is 5.48 Å². The van der Waals surface area contributed by atoms with Crippen LogP contribution in [0.5, 0.6) is 5.75 Å². The number of benzene rings is 2. The van der Waals surface area contributed by atoms with Crippen LogP contribution in [-0.4, -0.2) is 40.1 Å². The van der Waals surface area contributed by atoms with Gasteiger partial charge in [-0.15, -0.1) is 0 Å². The Kier molecular flexibility index (Phi) is 7.84. The molecule has 0 bridgehead atoms. The molecule has 2 aromatic carbocycles. The highest BCUT2D eigenvalue weighted by molar-refractivity contribution is 6.43. The molecule has 2 aromatic rings. The number of hydroxylamine groups is 1. The molecule has 0 unspecified atom stereocenters. The van der Waals surface area contributed by atoms with Crippen LogP contribution in [0.3, 0.4) is 0 Å². The molecule has 0 heterocycles. The first-order valence-corrected chi connectivity index (χ1v) is 8.33. The zero-order valence-electron chi connectivity index (χ0n) is 16.2. The molecule has 1 N–H and O–H groups in total. The Morgan fingerprint density at radius 2 is 1.75 bits per heavy atom. The zero-order chi connectivity index (χ0) is 20.4. The van der Waals surface area contributed by atoms with Gasteiger partial charge in [-0.2, -0.15) is 0 Å². The van der Waals surface area contributed by atoms with E-state index in [1.165, 1.54) is 21.3 Å². The molecule has 0 aliphatic carbocycles. The van der Waals surface area contributed by atoms with Crippen molar-refractivity contribution in [2.75, 3.05) is 28.4 Å². The molecule has 0 atom stereocenters. The Balaban J connectivity index is 2.52. The van der Waals surface area contributed by atoms with Gasteiger partial charge >= 0.3 is 5.97 Å². The summed E-state index contributed by atoms with van der Waals surface area (Å²) in [5.41, 5.74) is 8.71. The fraction of sp³-hybridized carbons (Fsp3) is 0.190. The van der Waals surface area contributed by atoms with Crippen molar-refractivity contribution in [3.8, 4) is 5.75 Å². The number of ether oxygens (including phenoxy) is 2. The third-order valence-electron chi connectivity index (χ3n) is 3.73. The molecule has 7 nitrogen and oxygen atoms in total. The van der Waals surface area contributed by atoms with Gasteiger partial charge in [-0.1, -0.05) is 35.2 Å². The first-order valence-electron chi connectivity index (χ1n) is 8.33. The van der Waals surface area contributed by atoms with Crippen LogP contribution in [0.1, 0.15) is 16.7 Å². The molecule has 0 aliphatic heterocycles. The van der Waals surface area contributed by atoms with E-state index < -0.39 is 5.97 Å². The van der Waals surface area contributed by atoms with E-state index in [2.05, 4.69) is 16.4 Å². The second kappa shape index (κ2) is 10.6. The average molecular weight is 382 g/mol. The lowest BCUT2D eigenvalue weighted by molar-refractivity contribution is -0.132. The van der Waals surface area contributed by atoms with Gasteiger partial charge in [-0.25, -0.2) is 4.79 Å². The van der Waals surface area contributed by atoms with Crippen LogP contribution in [0, 0.1) is 0 Å². The topological polar surface area (TPSA) is 78.4 Å². The standard InChI is InChI=1S/C21H22N2O5/c1-25-17-12-9-16(10-13-17)19(22-27-3)14-11-15-7-5-6-8-18(15)20(23-28-4)21(24)26-2/h5-13,22H,1-4H3. The van der Waals surface area contributed by atoms with E-state index in [9.17, 15) is 4.79 Å². The lowest BCUT2D eigenvalue weighted by Crippen LogP contribution is -2.18. The SMILES string of the molecule is CON=C(C(=O)OC)c1ccccc1C=C=C(NOC)c1ccc(OC)cc1. The lowest BCUT2D eigenvalue weighted by Gasteiger charge is -2.08. The molecule has 0 amide bonds. The van der Waals surface area contributed by atoms with E-state index in [0.29, 0.717) is 16.8 Å². The summed E-state index contributed by atoms with van der Waals surface area (Å²) >= 11 is 0. The number of esters is 1. The molecule has 2 rings (SSSR count). The Hall–Kier alpha value is -3.54. The summed E-state index contributed by atoms with van der Waals surface area (Å²) in [6, 6.07) is 14.6. The maximum Gasteiger partial charge on any atom is 0.360 e. The number of nitrogens with zero attached hydrogens (tertiary/aromatic N) is 1. The van der Waals surface area contributed by atoms with E-state index in [1.807, 2.05) is 36.4 Å². The lowest BCUT2D eigenvalue weighted by atomic mass is 10.0. The first kappa shape index (κ1) is 20.8. The number of oxime groups is 1. The van der Waals surface area contributed by atoms with Crippen LogP contribution in [0.2, 0.25) is 0 Å². The smallest absolute Gasteiger partial charge is 0.360 e. The summed E-state index contributed by atoms with van der Waals surface area (Å²) < 4.78 is 9.97. The third-order valence-corrected chi connectivity index (χ3v) is 3.73. The van der Waals surface area contributed by atoms with Crippen molar-refractivity contribution in [2.24, 2.45) is 5.16 Å². The van der Waals surface area contributed by atoms with E-state index in [1.54, 1.807) is 25.3 Å². The van der Waals surface area contributed by atoms with Gasteiger partial charge in [0.25, 0.3) is 0 Å². The number of hydrogen-bond acceptors (Lipinski definition) is 7. The second-order valence-corrected chi connectivity index (χ2v) is 5.40. The number of hydrogen-bond donors (Lipinski definition) is 1. The van der Waals surface area contributed by atoms with Crippen molar-refractivity contribution < 1.29 is 23.9 Å². The molecular weight excluding hydrogens is 360 g/mol. The summed E-state index contributed by atoms with van der Waals surface area (Å²) in [4.78, 5) is 21.9. The Bertz CT molecular complexity index is 897. The van der Waals surface area contributed by atoms with Crippen LogP contribution >= 0.6 is 0 Å². The highest BCUT2D eigenvalue weighted by Gasteiger charge is 2.18. The van der Waals surface area contributed by atoms with E-state index in [4.69, 9.17) is 19.1 Å². The van der Waals surface area contributed by atoms with Crippen molar-refractivity contribution in [3.63, 3.8) is 0 Å². The number of rotatable bonds is 8. The van der Waals surface area contributed by atoms with E-state index in [0.717, 1.165) is 11.3 Å². The van der Waals surface area contributed by atoms with Gasteiger partial charge in [-0.05, 0) is 35.9 Å². The zero-order valence-corrected chi connectivity index (χ0v) is 16.2. The normalized spacial score (nSPS) is 10.5. The second-order valence-electron chi connectivity index (χ2n) is 5.40. The quantitative estimate of drug-likeness (QED) is 0.327. The van der Waals surface area contributed by atoms with E-state index in [-0.39, 0.29) is 5.71 Å². The molecule has 28 heavy (non-hydrogen) atoms. The van der Waals surface area contributed by atoms with Gasteiger partial charge in [-0.3, -0.25) is 10.3 Å². The van der Waals surface area contributed by atoms with Crippen LogP contribution in [0.15, 0.2) is 59.4 Å². The Morgan fingerprint density at radius 3 is 2.36 bits per heavy atom. The highest BCUT2D eigenvalue weighted by atomic mass is 16.6. The summed E-state index contributed by atoms with van der Waals surface area (Å²) in [6.07, 6.45) is 1.72. The molecule has 0 aliphatic rings. The minimum Gasteiger partial charge on any atom is -0.497 e. The van der Waals surface area contributed by atoms with E-state index >= 15 is 0 Å². The molecule has 0 saturated heterocycles. The third kappa shape index (κ3) is 5.23. The number of methoxy groups -OCH3 is 2. The maximum absolute atomic E-state index is 12.1. The summed E-state index contributed by atoms with van der Waals surface area (Å²) in [5.74, 6) is 0.144. The van der Waals surface area contributed by atoms with Gasteiger partial charge in [0.1, 0.15) is 18.6 Å². The van der Waals surface area contributed by atoms with Gasteiger partial charge in [0, 0.05) is 11.1 Å². The number of carbonyl (C=O) groups excluding carboxylic acids is 1. The molecule has 0 saturated carbocycles. The average Bonchev–Trinajstić information content (AvgIpc) is 2.75. The molecule has 0 fully saturated rings. The van der Waals surface area contributed by atoms with Gasteiger partial charge in [0.15, 0.2) is 5.71 Å². The summed E-state index contributed by atoms with van der Waals surface area (Å²) in [5, 5.41) is 3.80. The number of carbonyl (C=O) groups is 1. The molecule has 0 spiro atoms. The fourth-order valence-corrected chi connectivity index (χ4v) is 2.40. The largest absolute Gasteiger partial charge is 0.497 e. The minimum atomic E-state index is -0.600. The molecule has 0 radical (unpaired) electrons. The van der Waals surface area contributed by atoms with Crippen molar-refractivity contribution in [2.45, 2.75) is 0 Å². The first-order chi connectivity index (χ1) is 13.6. The molecule has 7 heteroatoms. The van der Waals surface area contributed by atoms with Crippen LogP contribution in [0.25, 0.3) is 11.8 Å². The molecule has 0 aromatic heterocycles. The van der Waals surface area contributed by atoms with Crippen LogP contribution < -0.4 is 10.2 Å². The van der Waals surface area contributed by atoms with Gasteiger partial charge in [0.2, 0.25) is 0 Å². The minimum absolute atomic E-state index is 0.0596. The summed E-state index contributed by atoms with van der Waals surface area (Å²) in [7, 11) is 5.78. The van der Waals surface area contributed by atoms with Gasteiger partial charge in [0.05, 0.1) is 21.3 Å². The molecule has 146 valence electrons. The predicted octanol–water partition coefficient (Wildman–Crippen LogP) is 3.02. The fourth-order valence-electron chi connectivity index (χ4n) is 2.40.